The van der Waals surface area contributed by atoms with Crippen LogP contribution >= 0.6 is 0 Å². The van der Waals surface area contributed by atoms with Crippen LogP contribution in [0.5, 0.6) is 0 Å². The fraction of sp³-hybridized carbons (Fsp3) is 0.333. The van der Waals surface area contributed by atoms with Gasteiger partial charge in [-0.05, 0) is 0 Å². The summed E-state index contributed by atoms with van der Waals surface area (Å²) in [7, 11) is 0. The van der Waals surface area contributed by atoms with Crippen LogP contribution in [-0.2, 0) is 20.9 Å². The van der Waals surface area contributed by atoms with Crippen LogP contribution in [0.3, 0.4) is 0 Å². The van der Waals surface area contributed by atoms with Crippen molar-refractivity contribution in [2.24, 2.45) is 10.8 Å². The van der Waals surface area contributed by atoms with Crippen molar-refractivity contribution >= 4 is 18.1 Å². The van der Waals surface area contributed by atoms with E-state index in [-0.39, 0.29) is 10.8 Å². The van der Waals surface area contributed by atoms with Crippen molar-refractivity contribution in [2.75, 3.05) is 0 Å². The molecule has 6 rings (SSSR count). The number of fused-ring (bicyclic) bond motifs is 2. The maximum atomic E-state index is 2.70. The standard InChI is InChI=1S/2C20H21.C2H7Si.Zr/c2*1-14-8-5-6-10-17(14)18-11-7-9-15-12-16(13-19(15)18)20(2,3)4;1-3-2;/h2*5-13H,1-4H3;3H,1-2H3;. The first kappa shape index (κ1) is 31.4. The Bertz CT molecular complexity index is 1660. The summed E-state index contributed by atoms with van der Waals surface area (Å²) in [5, 5.41) is 0. The Hall–Kier alpha value is -2.54. The van der Waals surface area contributed by atoms with Crippen LogP contribution in [0.2, 0.25) is 13.1 Å². The zero-order valence-corrected chi connectivity index (χ0v) is 32.1. The Morgan fingerprint density at radius 1 is 0.500 bits per heavy atom. The molecule has 0 spiro atoms. The topological polar surface area (TPSA) is 0 Å². The monoisotopic (exact) mass is 671 g/mol. The minimum atomic E-state index is -2.29. The molecule has 0 bridgehead atoms. The quantitative estimate of drug-likeness (QED) is 0.185. The first-order valence-corrected chi connectivity index (χ1v) is 26.5. The van der Waals surface area contributed by atoms with Crippen molar-refractivity contribution in [3.8, 4) is 22.3 Å². The minimum absolute atomic E-state index is 0.123. The van der Waals surface area contributed by atoms with E-state index >= 15 is 0 Å². The van der Waals surface area contributed by atoms with Crippen LogP contribution in [0, 0.1) is 24.7 Å². The molecule has 2 heteroatoms. The summed E-state index contributed by atoms with van der Waals surface area (Å²) in [5.74, 6) is -1.01. The molecule has 0 saturated carbocycles. The number of benzene rings is 4. The van der Waals surface area contributed by atoms with E-state index in [0.29, 0.717) is 7.25 Å². The summed E-state index contributed by atoms with van der Waals surface area (Å²) in [6, 6.07) is 32.4. The van der Waals surface area contributed by atoms with Gasteiger partial charge in [-0.15, -0.1) is 0 Å². The van der Waals surface area contributed by atoms with Gasteiger partial charge >= 0.3 is 277 Å². The molecular weight excluding hydrogens is 624 g/mol. The second-order valence-corrected chi connectivity index (χ2v) is 35.5. The number of rotatable bonds is 5. The second kappa shape index (κ2) is 11.7. The van der Waals surface area contributed by atoms with Crippen LogP contribution in [0.4, 0.5) is 0 Å². The van der Waals surface area contributed by atoms with E-state index in [9.17, 15) is 0 Å². The number of allylic oxidation sites excluding steroid dienone is 2. The van der Waals surface area contributed by atoms with Gasteiger partial charge in [0.2, 0.25) is 0 Å². The van der Waals surface area contributed by atoms with E-state index in [1.165, 1.54) is 44.5 Å². The fourth-order valence-corrected chi connectivity index (χ4v) is 31.4. The van der Waals surface area contributed by atoms with Gasteiger partial charge in [0.15, 0.2) is 0 Å². The summed E-state index contributed by atoms with van der Waals surface area (Å²) in [6.07, 6.45) is 5.30. The molecule has 2 aliphatic rings. The fourth-order valence-electron chi connectivity index (χ4n) is 7.88. The average Bonchev–Trinajstić information content (AvgIpc) is 3.54. The van der Waals surface area contributed by atoms with Gasteiger partial charge < -0.3 is 0 Å². The van der Waals surface area contributed by atoms with Crippen LogP contribution in [-0.4, -0.2) is 5.92 Å². The molecule has 2 atom stereocenters. The summed E-state index contributed by atoms with van der Waals surface area (Å²) >= 11 is -2.29. The summed E-state index contributed by atoms with van der Waals surface area (Å²) in [5.41, 5.74) is 18.2. The number of hydrogen-bond acceptors (Lipinski definition) is 0. The van der Waals surface area contributed by atoms with Crippen molar-refractivity contribution in [1.29, 1.82) is 0 Å². The Labute approximate surface area is 275 Å². The molecule has 0 aromatic heterocycles. The average molecular weight is 673 g/mol. The first-order valence-electron chi connectivity index (χ1n) is 16.5. The third-order valence-electron chi connectivity index (χ3n) is 10.1. The van der Waals surface area contributed by atoms with Crippen LogP contribution in [0.15, 0.2) is 96.1 Å². The summed E-state index contributed by atoms with van der Waals surface area (Å²) in [4.78, 5) is 0. The van der Waals surface area contributed by atoms with Crippen molar-refractivity contribution in [3.63, 3.8) is 0 Å². The molecule has 4 aromatic carbocycles. The normalized spacial score (nSPS) is 17.8. The zero-order valence-electron chi connectivity index (χ0n) is 28.5. The SMILES string of the molecule is Cc1ccccc1-c1cccc2c1C=C(C(C)(C)C)[CH]2[Zr]([CH]1C(C(C)(C)C)=Cc2c(-c3ccccc3C)cccc21)[SiH](C)C. The summed E-state index contributed by atoms with van der Waals surface area (Å²) in [6.45, 7) is 24.7. The Kier molecular flexibility index (Phi) is 8.34. The van der Waals surface area contributed by atoms with Crippen molar-refractivity contribution in [1.82, 2.24) is 0 Å². The molecule has 0 radical (unpaired) electrons. The Balaban J connectivity index is 1.59. The molecule has 225 valence electrons. The molecule has 2 unspecified atom stereocenters. The molecular formula is C42H49SiZr. The van der Waals surface area contributed by atoms with Gasteiger partial charge in [-0.2, -0.15) is 0 Å². The predicted molar refractivity (Wildman–Crippen MR) is 192 cm³/mol. The molecule has 0 N–H and O–H groups in total. The molecule has 0 aliphatic heterocycles. The van der Waals surface area contributed by atoms with E-state index in [0.717, 1.165) is 0 Å². The summed E-state index contributed by atoms with van der Waals surface area (Å²) < 4.78 is 1.21. The second-order valence-electron chi connectivity index (χ2n) is 15.5. The predicted octanol–water partition coefficient (Wildman–Crippen LogP) is 11.9. The van der Waals surface area contributed by atoms with Gasteiger partial charge in [0.25, 0.3) is 0 Å². The van der Waals surface area contributed by atoms with Gasteiger partial charge in [-0.3, -0.25) is 0 Å². The third-order valence-corrected chi connectivity index (χ3v) is 31.5. The Morgan fingerprint density at radius 2 is 0.864 bits per heavy atom. The number of hydrogen-bond donors (Lipinski definition) is 0. The molecule has 2 aliphatic carbocycles. The third kappa shape index (κ3) is 5.45. The molecule has 0 amide bonds. The molecule has 0 heterocycles. The Morgan fingerprint density at radius 3 is 1.20 bits per heavy atom. The van der Waals surface area contributed by atoms with Gasteiger partial charge in [0, 0.05) is 0 Å². The van der Waals surface area contributed by atoms with Gasteiger partial charge in [0.05, 0.1) is 0 Å². The molecule has 4 aromatic rings. The molecule has 0 fully saturated rings. The van der Waals surface area contributed by atoms with Crippen molar-refractivity contribution < 1.29 is 20.9 Å². The van der Waals surface area contributed by atoms with Gasteiger partial charge in [0.1, 0.15) is 0 Å². The first-order chi connectivity index (χ1) is 20.8. The van der Waals surface area contributed by atoms with E-state index < -0.39 is 26.8 Å². The van der Waals surface area contributed by atoms with E-state index in [4.69, 9.17) is 0 Å². The molecule has 0 nitrogen and oxygen atoms in total. The van der Waals surface area contributed by atoms with E-state index in [1.54, 1.807) is 22.3 Å². The van der Waals surface area contributed by atoms with Crippen molar-refractivity contribution in [2.45, 2.75) is 75.7 Å². The van der Waals surface area contributed by atoms with E-state index in [2.05, 4.69) is 166 Å². The zero-order chi connectivity index (χ0) is 31.6. The van der Waals surface area contributed by atoms with Crippen LogP contribution in [0.25, 0.3) is 34.4 Å². The number of aryl methyl sites for hydroxylation is 2. The van der Waals surface area contributed by atoms with Gasteiger partial charge in [-0.25, -0.2) is 0 Å². The van der Waals surface area contributed by atoms with Crippen LogP contribution < -0.4 is 0 Å². The van der Waals surface area contributed by atoms with Gasteiger partial charge in [-0.1, -0.05) is 0 Å². The van der Waals surface area contributed by atoms with Crippen molar-refractivity contribution in [3.05, 3.63) is 129 Å². The molecule has 44 heavy (non-hydrogen) atoms. The van der Waals surface area contributed by atoms with E-state index in [1.807, 2.05) is 0 Å². The van der Waals surface area contributed by atoms with Crippen LogP contribution in [0.1, 0.15) is 82.2 Å². The molecule has 0 saturated heterocycles. The maximum absolute atomic E-state index is 2.70.